The second kappa shape index (κ2) is 6.93. The van der Waals surface area contributed by atoms with E-state index < -0.39 is 0 Å². The molecule has 2 aliphatic carbocycles. The van der Waals surface area contributed by atoms with Crippen molar-refractivity contribution in [3.8, 4) is 0 Å². The zero-order valence-electron chi connectivity index (χ0n) is 12.7. The van der Waals surface area contributed by atoms with E-state index in [1.807, 2.05) is 0 Å². The molecule has 1 heterocycles. The predicted octanol–water partition coefficient (Wildman–Crippen LogP) is 3.66. The first kappa shape index (κ1) is 14.4. The summed E-state index contributed by atoms with van der Waals surface area (Å²) < 4.78 is 5.69. The number of nitrogens with zero attached hydrogens (tertiary/aromatic N) is 1. The number of ether oxygens (including phenoxy) is 1. The molecule has 1 atom stereocenters. The largest absolute Gasteiger partial charge is 0.368 e. The van der Waals surface area contributed by atoms with E-state index in [0.717, 1.165) is 19.4 Å². The van der Waals surface area contributed by atoms with Gasteiger partial charge in [0.2, 0.25) is 0 Å². The van der Waals surface area contributed by atoms with E-state index in [4.69, 9.17) is 4.74 Å². The molecule has 0 bridgehead atoms. The molecule has 0 aromatic heterocycles. The summed E-state index contributed by atoms with van der Waals surface area (Å²) in [6.07, 6.45) is 14.6. The summed E-state index contributed by atoms with van der Waals surface area (Å²) in [4.78, 5) is 15.2. The lowest BCUT2D eigenvalue weighted by Crippen LogP contribution is -2.52. The van der Waals surface area contributed by atoms with Gasteiger partial charge in [-0.3, -0.25) is 4.79 Å². The number of rotatable bonds is 3. The minimum atomic E-state index is -0.126. The van der Waals surface area contributed by atoms with Gasteiger partial charge in [0.25, 0.3) is 5.91 Å². The summed E-state index contributed by atoms with van der Waals surface area (Å²) in [6.45, 7) is 0.777. The van der Waals surface area contributed by atoms with Crippen LogP contribution >= 0.6 is 0 Å². The third-order valence-electron chi connectivity index (χ3n) is 5.40. The highest BCUT2D eigenvalue weighted by Gasteiger charge is 2.37. The van der Waals surface area contributed by atoms with Gasteiger partial charge >= 0.3 is 0 Å². The van der Waals surface area contributed by atoms with Crippen LogP contribution in [0.1, 0.15) is 77.0 Å². The lowest BCUT2D eigenvalue weighted by Gasteiger charge is -2.42. The Labute approximate surface area is 123 Å². The first-order valence-electron chi connectivity index (χ1n) is 8.80. The van der Waals surface area contributed by atoms with Gasteiger partial charge in [0.15, 0.2) is 0 Å². The van der Waals surface area contributed by atoms with E-state index in [1.54, 1.807) is 0 Å². The van der Waals surface area contributed by atoms with E-state index in [2.05, 4.69) is 4.90 Å². The highest BCUT2D eigenvalue weighted by Crippen LogP contribution is 2.32. The summed E-state index contributed by atoms with van der Waals surface area (Å²) in [6, 6.07) is 1.01. The molecule has 20 heavy (non-hydrogen) atoms. The summed E-state index contributed by atoms with van der Waals surface area (Å²) >= 11 is 0. The van der Waals surface area contributed by atoms with Crippen LogP contribution in [0.4, 0.5) is 0 Å². The molecule has 3 fully saturated rings. The maximum absolute atomic E-state index is 12.9. The Morgan fingerprint density at radius 2 is 1.30 bits per heavy atom. The fourth-order valence-corrected chi connectivity index (χ4v) is 4.32. The first-order valence-corrected chi connectivity index (χ1v) is 8.80. The van der Waals surface area contributed by atoms with Crippen molar-refractivity contribution in [2.75, 3.05) is 6.61 Å². The van der Waals surface area contributed by atoms with Gasteiger partial charge in [0.05, 0.1) is 0 Å². The van der Waals surface area contributed by atoms with Gasteiger partial charge < -0.3 is 9.64 Å². The Bertz CT molecular complexity index is 295. The van der Waals surface area contributed by atoms with Crippen LogP contribution in [0.5, 0.6) is 0 Å². The van der Waals surface area contributed by atoms with Gasteiger partial charge in [0, 0.05) is 18.7 Å². The van der Waals surface area contributed by atoms with Crippen molar-refractivity contribution in [2.45, 2.75) is 95.2 Å². The Morgan fingerprint density at radius 3 is 1.75 bits per heavy atom. The lowest BCUT2D eigenvalue weighted by atomic mass is 9.88. The van der Waals surface area contributed by atoms with Crippen LogP contribution in [0.2, 0.25) is 0 Å². The monoisotopic (exact) mass is 279 g/mol. The van der Waals surface area contributed by atoms with Crippen molar-refractivity contribution >= 4 is 5.91 Å². The maximum atomic E-state index is 12.9. The van der Waals surface area contributed by atoms with E-state index in [1.165, 1.54) is 64.2 Å². The van der Waals surface area contributed by atoms with Gasteiger partial charge in [-0.05, 0) is 38.5 Å². The number of amides is 1. The molecule has 0 spiro atoms. The smallest absolute Gasteiger partial charge is 0.252 e. The van der Waals surface area contributed by atoms with Crippen LogP contribution in [0, 0.1) is 0 Å². The van der Waals surface area contributed by atoms with Gasteiger partial charge in [-0.25, -0.2) is 0 Å². The zero-order chi connectivity index (χ0) is 13.8. The van der Waals surface area contributed by atoms with Crippen molar-refractivity contribution in [3.63, 3.8) is 0 Å². The Balaban J connectivity index is 1.72. The Kier molecular flexibility index (Phi) is 4.98. The Morgan fingerprint density at radius 1 is 0.750 bits per heavy atom. The standard InChI is InChI=1S/C17H29NO2/c19-17(16-12-7-13-20-16)18(14-8-3-1-4-9-14)15-10-5-2-6-11-15/h14-16H,1-13H2. The predicted molar refractivity (Wildman–Crippen MR) is 79.6 cm³/mol. The minimum absolute atomic E-state index is 0.126. The summed E-state index contributed by atoms with van der Waals surface area (Å²) in [5.74, 6) is 0.321. The molecule has 0 aromatic carbocycles. The molecule has 1 amide bonds. The van der Waals surface area contributed by atoms with Crippen LogP contribution in [-0.2, 0) is 9.53 Å². The van der Waals surface area contributed by atoms with Crippen LogP contribution < -0.4 is 0 Å². The fraction of sp³-hybridized carbons (Fsp3) is 0.941. The molecule has 3 nitrogen and oxygen atoms in total. The van der Waals surface area contributed by atoms with Gasteiger partial charge in [-0.2, -0.15) is 0 Å². The summed E-state index contributed by atoms with van der Waals surface area (Å²) in [5.41, 5.74) is 0. The first-order chi connectivity index (χ1) is 9.86. The van der Waals surface area contributed by atoms with Crippen molar-refractivity contribution < 1.29 is 9.53 Å². The van der Waals surface area contributed by atoms with Crippen molar-refractivity contribution in [1.82, 2.24) is 4.90 Å². The van der Waals surface area contributed by atoms with Gasteiger partial charge in [-0.1, -0.05) is 38.5 Å². The highest BCUT2D eigenvalue weighted by molar-refractivity contribution is 5.81. The average Bonchev–Trinajstić information content (AvgIpc) is 3.04. The van der Waals surface area contributed by atoms with Crippen LogP contribution in [0.25, 0.3) is 0 Å². The second-order valence-corrected chi connectivity index (χ2v) is 6.83. The van der Waals surface area contributed by atoms with Crippen molar-refractivity contribution in [3.05, 3.63) is 0 Å². The van der Waals surface area contributed by atoms with Crippen LogP contribution in [0.15, 0.2) is 0 Å². The molecule has 3 aliphatic rings. The third-order valence-corrected chi connectivity index (χ3v) is 5.40. The van der Waals surface area contributed by atoms with E-state index in [9.17, 15) is 4.79 Å². The molecule has 114 valence electrons. The SMILES string of the molecule is O=C(C1CCCO1)N(C1CCCCC1)C1CCCCC1. The number of carbonyl (C=O) groups excluding carboxylic acids is 1. The molecule has 3 rings (SSSR count). The molecule has 0 radical (unpaired) electrons. The third kappa shape index (κ3) is 3.19. The van der Waals surface area contributed by atoms with E-state index >= 15 is 0 Å². The summed E-state index contributed by atoms with van der Waals surface area (Å²) in [7, 11) is 0. The molecule has 1 aliphatic heterocycles. The highest BCUT2D eigenvalue weighted by atomic mass is 16.5. The van der Waals surface area contributed by atoms with Gasteiger partial charge in [-0.15, -0.1) is 0 Å². The number of hydrogen-bond donors (Lipinski definition) is 0. The fourth-order valence-electron chi connectivity index (χ4n) is 4.32. The number of carbonyl (C=O) groups is 1. The molecular formula is C17H29NO2. The normalized spacial score (nSPS) is 29.5. The molecular weight excluding hydrogens is 250 g/mol. The number of hydrogen-bond acceptors (Lipinski definition) is 2. The molecule has 1 unspecified atom stereocenters. The maximum Gasteiger partial charge on any atom is 0.252 e. The average molecular weight is 279 g/mol. The molecule has 2 saturated carbocycles. The lowest BCUT2D eigenvalue weighted by molar-refractivity contribution is -0.148. The van der Waals surface area contributed by atoms with Crippen LogP contribution in [0.3, 0.4) is 0 Å². The van der Waals surface area contributed by atoms with Crippen LogP contribution in [-0.4, -0.2) is 35.6 Å². The topological polar surface area (TPSA) is 29.5 Å². The van der Waals surface area contributed by atoms with Crippen molar-refractivity contribution in [2.24, 2.45) is 0 Å². The van der Waals surface area contributed by atoms with Crippen molar-refractivity contribution in [1.29, 1.82) is 0 Å². The molecule has 0 aromatic rings. The Hall–Kier alpha value is -0.570. The quantitative estimate of drug-likeness (QED) is 0.789. The molecule has 3 heteroatoms. The summed E-state index contributed by atoms with van der Waals surface area (Å²) in [5, 5.41) is 0. The minimum Gasteiger partial charge on any atom is -0.368 e. The van der Waals surface area contributed by atoms with Gasteiger partial charge in [0.1, 0.15) is 6.10 Å². The zero-order valence-corrected chi connectivity index (χ0v) is 12.7. The van der Waals surface area contributed by atoms with E-state index in [0.29, 0.717) is 18.0 Å². The molecule has 0 N–H and O–H groups in total. The van der Waals surface area contributed by atoms with E-state index in [-0.39, 0.29) is 6.10 Å². The molecule has 1 saturated heterocycles. The second-order valence-electron chi connectivity index (χ2n) is 6.83.